The summed E-state index contributed by atoms with van der Waals surface area (Å²) in [5, 5.41) is 0. The largest absolute Gasteiger partial charge is 0.0805 e. The maximum Gasteiger partial charge on any atom is -0.0135 e. The second kappa shape index (κ2) is 8.58. The number of hydrogen-bond donors (Lipinski definition) is 0. The maximum atomic E-state index is 2.20. The van der Waals surface area contributed by atoms with Gasteiger partial charge in [-0.25, -0.2) is 0 Å². The van der Waals surface area contributed by atoms with Gasteiger partial charge in [0.1, 0.15) is 0 Å². The van der Waals surface area contributed by atoms with Gasteiger partial charge < -0.3 is 0 Å². The van der Waals surface area contributed by atoms with Crippen molar-refractivity contribution < 1.29 is 0 Å². The molecule has 0 radical (unpaired) electrons. The summed E-state index contributed by atoms with van der Waals surface area (Å²) in [5.41, 5.74) is 2.87. The minimum atomic E-state index is 1.10. The summed E-state index contributed by atoms with van der Waals surface area (Å²) in [7, 11) is 0. The normalized spacial score (nSPS) is 13.4. The third-order valence-corrected chi connectivity index (χ3v) is 2.56. The number of aryl methyl sites for hydroxylation is 1. The Morgan fingerprint density at radius 1 is 1.00 bits per heavy atom. The molecular weight excluding hydrogens is 204 g/mol. The van der Waals surface area contributed by atoms with Crippen molar-refractivity contribution in [1.82, 2.24) is 0 Å². The Hall–Kier alpha value is -1.56. The molecule has 90 valence electrons. The van der Waals surface area contributed by atoms with Gasteiger partial charge in [0.25, 0.3) is 0 Å². The molecule has 1 aliphatic rings. The highest BCUT2D eigenvalue weighted by Crippen LogP contribution is 2.03. The molecule has 0 atom stereocenters. The average molecular weight is 226 g/mol. The molecule has 2 rings (SSSR count). The van der Waals surface area contributed by atoms with Gasteiger partial charge in [-0.2, -0.15) is 0 Å². The highest BCUT2D eigenvalue weighted by atomic mass is 13.9. The van der Waals surface area contributed by atoms with Gasteiger partial charge in [0.2, 0.25) is 0 Å². The van der Waals surface area contributed by atoms with E-state index >= 15 is 0 Å². The quantitative estimate of drug-likeness (QED) is 0.659. The zero-order chi connectivity index (χ0) is 12.3. The topological polar surface area (TPSA) is 0 Å². The van der Waals surface area contributed by atoms with Crippen LogP contribution in [0.1, 0.15) is 32.3 Å². The van der Waals surface area contributed by atoms with Crippen LogP contribution >= 0.6 is 0 Å². The molecule has 0 fully saturated rings. The monoisotopic (exact) mass is 226 g/mol. The minimum absolute atomic E-state index is 1.10. The molecule has 0 aromatic heterocycles. The number of benzene rings is 1. The molecular formula is C17H22. The van der Waals surface area contributed by atoms with Crippen molar-refractivity contribution in [2.45, 2.75) is 33.1 Å². The van der Waals surface area contributed by atoms with Crippen LogP contribution in [0.25, 0.3) is 0 Å². The molecule has 1 aliphatic carbocycles. The van der Waals surface area contributed by atoms with Crippen LogP contribution in [-0.2, 0) is 6.42 Å². The number of hydrogen-bond acceptors (Lipinski definition) is 0. The Morgan fingerprint density at radius 2 is 1.76 bits per heavy atom. The van der Waals surface area contributed by atoms with Crippen LogP contribution in [0.3, 0.4) is 0 Å². The molecule has 0 saturated heterocycles. The molecule has 17 heavy (non-hydrogen) atoms. The first-order chi connectivity index (χ1) is 8.33. The van der Waals surface area contributed by atoms with Gasteiger partial charge in [0.05, 0.1) is 0 Å². The van der Waals surface area contributed by atoms with Crippen molar-refractivity contribution in [3.05, 3.63) is 71.8 Å². The molecule has 0 amide bonds. The van der Waals surface area contributed by atoms with Crippen molar-refractivity contribution in [2.75, 3.05) is 0 Å². The van der Waals surface area contributed by atoms with Crippen LogP contribution in [0.15, 0.2) is 66.3 Å². The fourth-order valence-corrected chi connectivity index (χ4v) is 1.62. The van der Waals surface area contributed by atoms with E-state index in [1.165, 1.54) is 24.0 Å². The van der Waals surface area contributed by atoms with Crippen LogP contribution in [0.5, 0.6) is 0 Å². The van der Waals surface area contributed by atoms with Crippen LogP contribution in [0, 0.1) is 0 Å². The van der Waals surface area contributed by atoms with E-state index in [0.29, 0.717) is 0 Å². The van der Waals surface area contributed by atoms with E-state index in [9.17, 15) is 0 Å². The van der Waals surface area contributed by atoms with Crippen molar-refractivity contribution in [3.8, 4) is 0 Å². The molecule has 0 heteroatoms. The fourth-order valence-electron chi connectivity index (χ4n) is 1.62. The van der Waals surface area contributed by atoms with Gasteiger partial charge in [-0.1, -0.05) is 79.6 Å². The van der Waals surface area contributed by atoms with Crippen LogP contribution in [-0.4, -0.2) is 0 Å². The molecule has 0 saturated carbocycles. The lowest BCUT2D eigenvalue weighted by molar-refractivity contribution is 0.922. The third-order valence-electron chi connectivity index (χ3n) is 2.56. The van der Waals surface area contributed by atoms with Crippen LogP contribution < -0.4 is 0 Å². The van der Waals surface area contributed by atoms with E-state index in [0.717, 1.165) is 6.42 Å². The highest BCUT2D eigenvalue weighted by Gasteiger charge is 1.84. The molecule has 0 aliphatic heterocycles. The summed E-state index contributed by atoms with van der Waals surface area (Å²) < 4.78 is 0. The molecule has 1 aromatic rings. The molecule has 0 bridgehead atoms. The van der Waals surface area contributed by atoms with E-state index in [1.807, 2.05) is 0 Å². The van der Waals surface area contributed by atoms with Gasteiger partial charge in [0, 0.05) is 0 Å². The van der Waals surface area contributed by atoms with Gasteiger partial charge in [-0.3, -0.25) is 0 Å². The molecule has 0 N–H and O–H groups in total. The summed E-state index contributed by atoms with van der Waals surface area (Å²) in [5.74, 6) is 0. The van der Waals surface area contributed by atoms with Crippen molar-refractivity contribution in [2.24, 2.45) is 0 Å². The summed E-state index contributed by atoms with van der Waals surface area (Å²) in [6.45, 7) is 4.34. The van der Waals surface area contributed by atoms with Gasteiger partial charge in [-0.05, 0) is 25.3 Å². The average Bonchev–Trinajstić information content (AvgIpc) is 2.60. The Bertz CT molecular complexity index is 380. The van der Waals surface area contributed by atoms with Crippen LogP contribution in [0.4, 0.5) is 0 Å². The third kappa shape index (κ3) is 6.57. The Kier molecular flexibility index (Phi) is 6.81. The second-order valence-electron chi connectivity index (χ2n) is 4.27. The zero-order valence-corrected chi connectivity index (χ0v) is 10.9. The standard InChI is InChI=1S/C9H12.C8H10/c1-2-6-9-7-4-3-5-8-9;1-8-6-4-2-3-5-7-8/h3-5,7-8H,2,6H2,1H3;2-6H,7H2,1H3. The Labute approximate surface area is 105 Å². The smallest absolute Gasteiger partial charge is 0.0135 e. The van der Waals surface area contributed by atoms with E-state index in [-0.39, 0.29) is 0 Å². The maximum absolute atomic E-state index is 2.20. The SMILES string of the molecule is CC1=CC=CC=CC1.CCCc1ccccc1. The van der Waals surface area contributed by atoms with Crippen molar-refractivity contribution >= 4 is 0 Å². The number of allylic oxidation sites excluding steroid dienone is 6. The van der Waals surface area contributed by atoms with Gasteiger partial charge in [-0.15, -0.1) is 0 Å². The predicted molar refractivity (Wildman–Crippen MR) is 77.1 cm³/mol. The first-order valence-corrected chi connectivity index (χ1v) is 6.36. The molecule has 0 heterocycles. The van der Waals surface area contributed by atoms with E-state index in [1.54, 1.807) is 0 Å². The highest BCUT2D eigenvalue weighted by molar-refractivity contribution is 5.21. The van der Waals surface area contributed by atoms with E-state index in [4.69, 9.17) is 0 Å². The number of rotatable bonds is 2. The zero-order valence-electron chi connectivity index (χ0n) is 10.9. The second-order valence-corrected chi connectivity index (χ2v) is 4.27. The lowest BCUT2D eigenvalue weighted by atomic mass is 10.1. The molecule has 1 aromatic carbocycles. The van der Waals surface area contributed by atoms with Crippen LogP contribution in [0.2, 0.25) is 0 Å². The molecule has 0 spiro atoms. The van der Waals surface area contributed by atoms with Gasteiger partial charge in [0.15, 0.2) is 0 Å². The summed E-state index contributed by atoms with van der Waals surface area (Å²) in [6, 6.07) is 10.6. The van der Waals surface area contributed by atoms with Crippen molar-refractivity contribution in [3.63, 3.8) is 0 Å². The lowest BCUT2D eigenvalue weighted by Gasteiger charge is -1.93. The van der Waals surface area contributed by atoms with Crippen molar-refractivity contribution in [1.29, 1.82) is 0 Å². The van der Waals surface area contributed by atoms with E-state index < -0.39 is 0 Å². The van der Waals surface area contributed by atoms with Gasteiger partial charge >= 0.3 is 0 Å². The van der Waals surface area contributed by atoms with E-state index in [2.05, 4.69) is 74.6 Å². The lowest BCUT2D eigenvalue weighted by Crippen LogP contribution is -1.78. The molecule has 0 unspecified atom stereocenters. The first kappa shape index (κ1) is 13.5. The molecule has 0 nitrogen and oxygen atoms in total. The minimum Gasteiger partial charge on any atom is -0.0805 e. The Morgan fingerprint density at radius 3 is 2.47 bits per heavy atom. The summed E-state index contributed by atoms with van der Waals surface area (Å²) >= 11 is 0. The summed E-state index contributed by atoms with van der Waals surface area (Å²) in [6.07, 6.45) is 14.1. The Balaban J connectivity index is 0.000000171. The summed E-state index contributed by atoms with van der Waals surface area (Å²) in [4.78, 5) is 0. The first-order valence-electron chi connectivity index (χ1n) is 6.36. The fraction of sp³-hybridized carbons (Fsp3) is 0.294. The predicted octanol–water partition coefficient (Wildman–Crippen LogP) is 5.09.